The highest BCUT2D eigenvalue weighted by molar-refractivity contribution is 5.67. The topological polar surface area (TPSA) is 80.1 Å². The number of hydrogen-bond acceptors (Lipinski definition) is 5. The number of pyridine rings is 1. The fraction of sp³-hybridized carbons (Fsp3) is 0.214. The molecule has 0 fully saturated rings. The van der Waals surface area contributed by atoms with E-state index >= 15 is 0 Å². The predicted octanol–water partition coefficient (Wildman–Crippen LogP) is 3.47. The van der Waals surface area contributed by atoms with Gasteiger partial charge in [0.2, 0.25) is 5.82 Å². The summed E-state index contributed by atoms with van der Waals surface area (Å²) in [7, 11) is 0. The Kier molecular flexibility index (Phi) is 4.14. The summed E-state index contributed by atoms with van der Waals surface area (Å²) >= 11 is 0. The molecule has 1 aromatic heterocycles. The first-order chi connectivity index (χ1) is 9.60. The minimum Gasteiger partial charge on any atom is -0.370 e. The summed E-state index contributed by atoms with van der Waals surface area (Å²) in [6.07, 6.45) is 0. The SMILES string of the molecule is CCNc1ccc([N+](=O)[O-])c(Nc2cccc(C)c2)n1. The minimum absolute atomic E-state index is 0.0480. The van der Waals surface area contributed by atoms with Gasteiger partial charge in [0.15, 0.2) is 0 Å². The van der Waals surface area contributed by atoms with Crippen LogP contribution in [0.1, 0.15) is 12.5 Å². The number of aryl methyl sites for hydroxylation is 1. The van der Waals surface area contributed by atoms with Crippen LogP contribution in [0.2, 0.25) is 0 Å². The van der Waals surface area contributed by atoms with E-state index in [4.69, 9.17) is 0 Å². The molecule has 0 aliphatic heterocycles. The first-order valence-corrected chi connectivity index (χ1v) is 6.33. The van der Waals surface area contributed by atoms with Crippen LogP contribution in [0.25, 0.3) is 0 Å². The molecule has 6 nitrogen and oxygen atoms in total. The molecule has 0 saturated carbocycles. The van der Waals surface area contributed by atoms with Gasteiger partial charge in [-0.15, -0.1) is 0 Å². The molecule has 2 N–H and O–H groups in total. The summed E-state index contributed by atoms with van der Waals surface area (Å²) in [5, 5.41) is 17.1. The molecule has 0 aliphatic carbocycles. The summed E-state index contributed by atoms with van der Waals surface area (Å²) in [5.41, 5.74) is 1.79. The summed E-state index contributed by atoms with van der Waals surface area (Å²) in [6, 6.07) is 10.6. The van der Waals surface area contributed by atoms with Gasteiger partial charge in [0.05, 0.1) is 4.92 Å². The molecule has 104 valence electrons. The number of anilines is 3. The van der Waals surface area contributed by atoms with Crippen molar-refractivity contribution in [2.75, 3.05) is 17.2 Å². The van der Waals surface area contributed by atoms with Crippen LogP contribution in [-0.4, -0.2) is 16.5 Å². The maximum atomic E-state index is 11.1. The molecule has 0 bridgehead atoms. The van der Waals surface area contributed by atoms with Gasteiger partial charge in [-0.05, 0) is 37.6 Å². The summed E-state index contributed by atoms with van der Waals surface area (Å²) in [4.78, 5) is 14.9. The van der Waals surface area contributed by atoms with E-state index in [9.17, 15) is 10.1 Å². The number of benzene rings is 1. The third-order valence-corrected chi connectivity index (χ3v) is 2.71. The van der Waals surface area contributed by atoms with Gasteiger partial charge in [-0.2, -0.15) is 0 Å². The lowest BCUT2D eigenvalue weighted by Crippen LogP contribution is -2.04. The molecule has 20 heavy (non-hydrogen) atoms. The first kappa shape index (κ1) is 13.8. The molecule has 0 unspecified atom stereocenters. The monoisotopic (exact) mass is 272 g/mol. The molecule has 0 spiro atoms. The first-order valence-electron chi connectivity index (χ1n) is 6.33. The van der Waals surface area contributed by atoms with E-state index in [1.807, 2.05) is 38.1 Å². The Hall–Kier alpha value is -2.63. The van der Waals surface area contributed by atoms with Gasteiger partial charge in [-0.1, -0.05) is 12.1 Å². The third kappa shape index (κ3) is 3.23. The van der Waals surface area contributed by atoms with Crippen molar-refractivity contribution in [3.05, 3.63) is 52.1 Å². The minimum atomic E-state index is -0.444. The number of nitrogens with zero attached hydrogens (tertiary/aromatic N) is 2. The average molecular weight is 272 g/mol. The molecule has 0 radical (unpaired) electrons. The molecule has 0 aliphatic rings. The average Bonchev–Trinajstić information content (AvgIpc) is 2.39. The van der Waals surface area contributed by atoms with Crippen LogP contribution < -0.4 is 10.6 Å². The number of nitro groups is 1. The molecule has 6 heteroatoms. The zero-order valence-electron chi connectivity index (χ0n) is 11.4. The van der Waals surface area contributed by atoms with Gasteiger partial charge in [-0.3, -0.25) is 10.1 Å². The van der Waals surface area contributed by atoms with Gasteiger partial charge in [0, 0.05) is 18.3 Å². The van der Waals surface area contributed by atoms with Crippen molar-refractivity contribution in [3.63, 3.8) is 0 Å². The second-order valence-electron chi connectivity index (χ2n) is 4.35. The van der Waals surface area contributed by atoms with Crippen LogP contribution in [0.4, 0.5) is 23.0 Å². The van der Waals surface area contributed by atoms with Crippen LogP contribution in [0, 0.1) is 17.0 Å². The molecule has 0 amide bonds. The fourth-order valence-electron chi connectivity index (χ4n) is 1.83. The highest BCUT2D eigenvalue weighted by Crippen LogP contribution is 2.27. The Labute approximate surface area is 117 Å². The number of rotatable bonds is 5. The second-order valence-corrected chi connectivity index (χ2v) is 4.35. The predicted molar refractivity (Wildman–Crippen MR) is 79.5 cm³/mol. The van der Waals surface area contributed by atoms with Gasteiger partial charge in [0.25, 0.3) is 0 Å². The number of nitrogens with one attached hydrogen (secondary N) is 2. The Morgan fingerprint density at radius 3 is 2.75 bits per heavy atom. The number of hydrogen-bond donors (Lipinski definition) is 2. The van der Waals surface area contributed by atoms with Crippen LogP contribution >= 0.6 is 0 Å². The van der Waals surface area contributed by atoms with E-state index in [1.54, 1.807) is 6.07 Å². The van der Waals surface area contributed by atoms with Gasteiger partial charge in [-0.25, -0.2) is 4.98 Å². The summed E-state index contributed by atoms with van der Waals surface area (Å²) in [6.45, 7) is 4.60. The molecule has 2 rings (SSSR count). The van der Waals surface area contributed by atoms with Crippen molar-refractivity contribution in [2.24, 2.45) is 0 Å². The molecular weight excluding hydrogens is 256 g/mol. The van der Waals surface area contributed by atoms with Crippen molar-refractivity contribution in [3.8, 4) is 0 Å². The van der Waals surface area contributed by atoms with E-state index in [0.29, 0.717) is 12.4 Å². The van der Waals surface area contributed by atoms with Gasteiger partial charge >= 0.3 is 5.69 Å². The zero-order valence-corrected chi connectivity index (χ0v) is 11.4. The normalized spacial score (nSPS) is 10.1. The fourth-order valence-corrected chi connectivity index (χ4v) is 1.83. The standard InChI is InChI=1S/C14H16N4O2/c1-3-15-13-8-7-12(18(19)20)14(17-13)16-11-6-4-5-10(2)9-11/h4-9H,3H2,1-2H3,(H2,15,16,17). The summed E-state index contributed by atoms with van der Waals surface area (Å²) in [5.74, 6) is 0.840. The molecular formula is C14H16N4O2. The lowest BCUT2D eigenvalue weighted by atomic mass is 10.2. The van der Waals surface area contributed by atoms with Crippen LogP contribution in [0.5, 0.6) is 0 Å². The van der Waals surface area contributed by atoms with E-state index in [-0.39, 0.29) is 11.5 Å². The third-order valence-electron chi connectivity index (χ3n) is 2.71. The van der Waals surface area contributed by atoms with Crippen molar-refractivity contribution in [2.45, 2.75) is 13.8 Å². The van der Waals surface area contributed by atoms with Crippen molar-refractivity contribution in [1.82, 2.24) is 4.98 Å². The molecule has 2 aromatic rings. The highest BCUT2D eigenvalue weighted by Gasteiger charge is 2.16. The lowest BCUT2D eigenvalue weighted by molar-refractivity contribution is -0.384. The highest BCUT2D eigenvalue weighted by atomic mass is 16.6. The van der Waals surface area contributed by atoms with Crippen LogP contribution in [-0.2, 0) is 0 Å². The Morgan fingerprint density at radius 2 is 2.10 bits per heavy atom. The van der Waals surface area contributed by atoms with E-state index in [0.717, 1.165) is 11.3 Å². The van der Waals surface area contributed by atoms with E-state index in [2.05, 4.69) is 15.6 Å². The Balaban J connectivity index is 2.36. The smallest absolute Gasteiger partial charge is 0.311 e. The number of aromatic nitrogens is 1. The van der Waals surface area contributed by atoms with Gasteiger partial charge < -0.3 is 10.6 Å². The second kappa shape index (κ2) is 6.01. The Bertz CT molecular complexity index is 628. The van der Waals surface area contributed by atoms with E-state index < -0.39 is 4.92 Å². The van der Waals surface area contributed by atoms with Crippen LogP contribution in [0.15, 0.2) is 36.4 Å². The lowest BCUT2D eigenvalue weighted by Gasteiger charge is -2.09. The molecule has 1 aromatic carbocycles. The van der Waals surface area contributed by atoms with Crippen molar-refractivity contribution < 1.29 is 4.92 Å². The molecule has 0 atom stereocenters. The maximum Gasteiger partial charge on any atom is 0.311 e. The largest absolute Gasteiger partial charge is 0.370 e. The van der Waals surface area contributed by atoms with Crippen molar-refractivity contribution >= 4 is 23.0 Å². The summed E-state index contributed by atoms with van der Waals surface area (Å²) < 4.78 is 0. The maximum absolute atomic E-state index is 11.1. The van der Waals surface area contributed by atoms with Crippen molar-refractivity contribution in [1.29, 1.82) is 0 Å². The van der Waals surface area contributed by atoms with E-state index in [1.165, 1.54) is 6.07 Å². The Morgan fingerprint density at radius 1 is 1.30 bits per heavy atom. The zero-order chi connectivity index (χ0) is 14.5. The van der Waals surface area contributed by atoms with Gasteiger partial charge in [0.1, 0.15) is 5.82 Å². The quantitative estimate of drug-likeness (QED) is 0.643. The molecule has 1 heterocycles. The molecule has 0 saturated heterocycles. The van der Waals surface area contributed by atoms with Crippen LogP contribution in [0.3, 0.4) is 0 Å².